The van der Waals surface area contributed by atoms with E-state index in [1.165, 1.54) is 14.2 Å². The molecule has 28 heavy (non-hydrogen) atoms. The second-order valence-electron chi connectivity index (χ2n) is 6.30. The molecular formula is C20H26O8. The van der Waals surface area contributed by atoms with Gasteiger partial charge in [0.1, 0.15) is 0 Å². The van der Waals surface area contributed by atoms with E-state index in [1.807, 2.05) is 13.0 Å². The molecule has 1 rings (SSSR count). The number of ketones is 2. The molecule has 0 fully saturated rings. The number of allylic oxidation sites excluding steroid dienone is 4. The molecule has 0 amide bonds. The van der Waals surface area contributed by atoms with E-state index < -0.39 is 11.9 Å². The van der Waals surface area contributed by atoms with Crippen molar-refractivity contribution in [2.45, 2.75) is 46.0 Å². The molecular weight excluding hydrogens is 368 g/mol. The Morgan fingerprint density at radius 2 is 1.61 bits per heavy atom. The number of hydrogen-bond donors (Lipinski definition) is 1. The highest BCUT2D eigenvalue weighted by Crippen LogP contribution is 2.28. The lowest BCUT2D eigenvalue weighted by molar-refractivity contribution is -0.147. The number of carboxylic acid groups (broad SMARTS) is 1. The first-order valence-electron chi connectivity index (χ1n) is 8.87. The van der Waals surface area contributed by atoms with Crippen LogP contribution < -0.4 is 0 Å². The average molecular weight is 394 g/mol. The van der Waals surface area contributed by atoms with E-state index >= 15 is 0 Å². The van der Waals surface area contributed by atoms with E-state index in [2.05, 4.69) is 0 Å². The van der Waals surface area contributed by atoms with E-state index in [0.717, 1.165) is 5.57 Å². The van der Waals surface area contributed by atoms with Gasteiger partial charge in [-0.15, -0.1) is 0 Å². The number of rotatable bonds is 11. The van der Waals surface area contributed by atoms with Gasteiger partial charge >= 0.3 is 11.9 Å². The Morgan fingerprint density at radius 1 is 1.00 bits per heavy atom. The Morgan fingerprint density at radius 3 is 2.18 bits per heavy atom. The summed E-state index contributed by atoms with van der Waals surface area (Å²) < 4.78 is 15.0. The quantitative estimate of drug-likeness (QED) is 0.246. The SMILES string of the molecule is COC1=C(OC)C(=O)C(C/C=C(\C)CCCOC(=O)CCC(=O)O)=C(C)C1=O. The molecule has 0 spiro atoms. The molecule has 0 radical (unpaired) electrons. The minimum Gasteiger partial charge on any atom is -0.489 e. The molecule has 0 unspecified atom stereocenters. The minimum absolute atomic E-state index is 0.0841. The van der Waals surface area contributed by atoms with Crippen molar-refractivity contribution >= 4 is 23.5 Å². The summed E-state index contributed by atoms with van der Waals surface area (Å²) in [6.07, 6.45) is 2.94. The molecule has 1 N–H and O–H groups in total. The largest absolute Gasteiger partial charge is 0.489 e. The first kappa shape index (κ1) is 23.1. The van der Waals surface area contributed by atoms with Gasteiger partial charge in [-0.25, -0.2) is 0 Å². The van der Waals surface area contributed by atoms with Gasteiger partial charge in [0.15, 0.2) is 0 Å². The second-order valence-corrected chi connectivity index (χ2v) is 6.30. The van der Waals surface area contributed by atoms with Gasteiger partial charge in [-0.3, -0.25) is 19.2 Å². The topological polar surface area (TPSA) is 116 Å². The lowest BCUT2D eigenvalue weighted by Gasteiger charge is -2.19. The Labute approximate surface area is 163 Å². The zero-order valence-electron chi connectivity index (χ0n) is 16.6. The number of hydrogen-bond acceptors (Lipinski definition) is 7. The number of carboxylic acids is 1. The third-order valence-corrected chi connectivity index (χ3v) is 4.27. The molecule has 8 heteroatoms. The first-order valence-corrected chi connectivity index (χ1v) is 8.87. The smallest absolute Gasteiger partial charge is 0.306 e. The van der Waals surface area contributed by atoms with Crippen LogP contribution in [0.2, 0.25) is 0 Å². The molecule has 0 bridgehead atoms. The molecule has 0 aliphatic heterocycles. The number of carbonyl (C=O) groups excluding carboxylic acids is 3. The predicted octanol–water partition coefficient (Wildman–Crippen LogP) is 2.48. The summed E-state index contributed by atoms with van der Waals surface area (Å²) in [7, 11) is 2.63. The maximum atomic E-state index is 12.5. The zero-order valence-corrected chi connectivity index (χ0v) is 16.6. The van der Waals surface area contributed by atoms with Gasteiger partial charge < -0.3 is 19.3 Å². The molecule has 0 saturated carbocycles. The molecule has 0 heterocycles. The van der Waals surface area contributed by atoms with Crippen molar-refractivity contribution < 1.29 is 38.5 Å². The monoisotopic (exact) mass is 394 g/mol. The Balaban J connectivity index is 2.57. The van der Waals surface area contributed by atoms with Crippen LogP contribution in [0, 0.1) is 0 Å². The molecule has 0 aromatic rings. The van der Waals surface area contributed by atoms with Crippen LogP contribution in [0.4, 0.5) is 0 Å². The number of aliphatic carboxylic acids is 1. The van der Waals surface area contributed by atoms with Crippen molar-refractivity contribution in [3.63, 3.8) is 0 Å². The highest BCUT2D eigenvalue weighted by Gasteiger charge is 2.34. The number of ether oxygens (including phenoxy) is 3. The van der Waals surface area contributed by atoms with Crippen LogP contribution >= 0.6 is 0 Å². The Kier molecular flexibility index (Phi) is 9.14. The summed E-state index contributed by atoms with van der Waals surface area (Å²) >= 11 is 0. The van der Waals surface area contributed by atoms with Crippen molar-refractivity contribution in [3.8, 4) is 0 Å². The highest BCUT2D eigenvalue weighted by molar-refractivity contribution is 6.23. The van der Waals surface area contributed by atoms with E-state index in [0.29, 0.717) is 24.0 Å². The maximum Gasteiger partial charge on any atom is 0.306 e. The number of carbonyl (C=O) groups is 4. The molecule has 0 aromatic carbocycles. The van der Waals surface area contributed by atoms with E-state index in [9.17, 15) is 19.2 Å². The van der Waals surface area contributed by atoms with Crippen molar-refractivity contribution in [1.82, 2.24) is 0 Å². The summed E-state index contributed by atoms with van der Waals surface area (Å²) in [5.74, 6) is -2.49. The van der Waals surface area contributed by atoms with E-state index in [-0.39, 0.29) is 49.0 Å². The third-order valence-electron chi connectivity index (χ3n) is 4.27. The van der Waals surface area contributed by atoms with Gasteiger partial charge in [-0.2, -0.15) is 0 Å². The minimum atomic E-state index is -1.04. The molecule has 0 aromatic heterocycles. The molecule has 1 aliphatic carbocycles. The van der Waals surface area contributed by atoms with Gasteiger partial charge in [0.05, 0.1) is 33.7 Å². The highest BCUT2D eigenvalue weighted by atomic mass is 16.5. The van der Waals surface area contributed by atoms with Gasteiger partial charge in [0, 0.05) is 11.1 Å². The molecule has 8 nitrogen and oxygen atoms in total. The van der Waals surface area contributed by atoms with Crippen LogP contribution in [-0.2, 0) is 33.4 Å². The van der Waals surface area contributed by atoms with Crippen molar-refractivity contribution in [3.05, 3.63) is 34.3 Å². The second kappa shape index (κ2) is 11.1. The van der Waals surface area contributed by atoms with Crippen LogP contribution in [0.3, 0.4) is 0 Å². The number of methoxy groups -OCH3 is 2. The number of Topliss-reactive ketones (excluding diaryl/α,β-unsaturated/α-hetero) is 2. The van der Waals surface area contributed by atoms with Crippen LogP contribution in [0.25, 0.3) is 0 Å². The molecule has 154 valence electrons. The summed E-state index contributed by atoms with van der Waals surface area (Å²) in [6, 6.07) is 0. The van der Waals surface area contributed by atoms with E-state index in [1.54, 1.807) is 6.92 Å². The van der Waals surface area contributed by atoms with E-state index in [4.69, 9.17) is 19.3 Å². The normalized spacial score (nSPS) is 15.1. The van der Waals surface area contributed by atoms with Gasteiger partial charge in [0.2, 0.25) is 23.1 Å². The van der Waals surface area contributed by atoms with Crippen molar-refractivity contribution in [1.29, 1.82) is 0 Å². The number of esters is 1. The van der Waals surface area contributed by atoms with Gasteiger partial charge in [-0.05, 0) is 33.1 Å². The van der Waals surface area contributed by atoms with Gasteiger partial charge in [-0.1, -0.05) is 11.6 Å². The van der Waals surface area contributed by atoms with Crippen molar-refractivity contribution in [2.75, 3.05) is 20.8 Å². The van der Waals surface area contributed by atoms with Gasteiger partial charge in [0.25, 0.3) is 0 Å². The summed E-state index contributed by atoms with van der Waals surface area (Å²) in [5.41, 5.74) is 1.67. The summed E-state index contributed by atoms with van der Waals surface area (Å²) in [6.45, 7) is 3.65. The first-order chi connectivity index (χ1) is 13.2. The summed E-state index contributed by atoms with van der Waals surface area (Å²) in [5, 5.41) is 8.51. The van der Waals surface area contributed by atoms with Crippen LogP contribution in [-0.4, -0.2) is 49.4 Å². The van der Waals surface area contributed by atoms with Crippen LogP contribution in [0.1, 0.15) is 46.0 Å². The Hall–Kier alpha value is -2.90. The van der Waals surface area contributed by atoms with Crippen LogP contribution in [0.5, 0.6) is 0 Å². The zero-order chi connectivity index (χ0) is 21.3. The lowest BCUT2D eigenvalue weighted by atomic mass is 9.90. The third kappa shape index (κ3) is 6.37. The average Bonchev–Trinajstić information content (AvgIpc) is 2.66. The summed E-state index contributed by atoms with van der Waals surface area (Å²) in [4.78, 5) is 46.6. The van der Waals surface area contributed by atoms with Crippen molar-refractivity contribution in [2.24, 2.45) is 0 Å². The fraction of sp³-hybridized carbons (Fsp3) is 0.500. The maximum absolute atomic E-state index is 12.5. The Bertz CT molecular complexity index is 739. The standard InChI is InChI=1S/C20H26O8/c1-12(6-5-11-28-16(23)10-9-15(21)22)7-8-14-13(2)17(24)19(26-3)20(27-4)18(14)25/h7H,5-6,8-11H2,1-4H3,(H,21,22)/b12-7+. The molecule has 0 atom stereocenters. The molecule has 0 saturated heterocycles. The predicted molar refractivity (Wildman–Crippen MR) is 99.2 cm³/mol. The lowest BCUT2D eigenvalue weighted by Crippen LogP contribution is -2.24. The molecule has 1 aliphatic rings. The fourth-order valence-electron chi connectivity index (χ4n) is 2.63. The van der Waals surface area contributed by atoms with Crippen LogP contribution in [0.15, 0.2) is 34.3 Å². The fourth-order valence-corrected chi connectivity index (χ4v) is 2.63.